The zero-order valence-corrected chi connectivity index (χ0v) is 11.0. The van der Waals surface area contributed by atoms with Crippen molar-refractivity contribution in [3.8, 4) is 0 Å². The lowest BCUT2D eigenvalue weighted by molar-refractivity contribution is -0.122. The molecule has 0 fully saturated rings. The van der Waals surface area contributed by atoms with Gasteiger partial charge in [0.1, 0.15) is 5.01 Å². The minimum Gasteiger partial charge on any atom is -0.348 e. The minimum atomic E-state index is -0.470. The summed E-state index contributed by atoms with van der Waals surface area (Å²) in [4.78, 5) is 15.7. The number of amides is 1. The van der Waals surface area contributed by atoms with E-state index >= 15 is 0 Å². The first-order valence-corrected chi connectivity index (χ1v) is 6.17. The zero-order chi connectivity index (χ0) is 12.3. The summed E-state index contributed by atoms with van der Waals surface area (Å²) in [5.41, 5.74) is 6.56. The molecule has 1 aromatic heterocycles. The highest BCUT2D eigenvalue weighted by atomic mass is 32.1. The maximum Gasteiger partial charge on any atom is 0.236 e. The molecular weight excluding hydrogens is 222 g/mol. The molecule has 90 valence electrons. The van der Waals surface area contributed by atoms with E-state index in [-0.39, 0.29) is 11.3 Å². The minimum absolute atomic E-state index is 0.0555. The molecule has 0 aliphatic carbocycles. The van der Waals surface area contributed by atoms with Crippen LogP contribution in [0.3, 0.4) is 0 Å². The number of nitrogens with one attached hydrogen (secondary N) is 1. The smallest absolute Gasteiger partial charge is 0.236 e. The first kappa shape index (κ1) is 13.1. The van der Waals surface area contributed by atoms with Crippen LogP contribution < -0.4 is 11.1 Å². The van der Waals surface area contributed by atoms with Gasteiger partial charge in [0.25, 0.3) is 0 Å². The summed E-state index contributed by atoms with van der Waals surface area (Å²) in [7, 11) is 0. The van der Waals surface area contributed by atoms with E-state index in [1.165, 1.54) is 0 Å². The largest absolute Gasteiger partial charge is 0.348 e. The van der Waals surface area contributed by atoms with Crippen LogP contribution in [0.2, 0.25) is 0 Å². The molecule has 4 nitrogen and oxygen atoms in total. The van der Waals surface area contributed by atoms with Gasteiger partial charge in [0.2, 0.25) is 5.91 Å². The molecule has 0 aromatic carbocycles. The number of carbonyl (C=O) groups excluding carboxylic acids is 1. The third-order valence-corrected chi connectivity index (χ3v) is 3.00. The van der Waals surface area contributed by atoms with Gasteiger partial charge < -0.3 is 11.1 Å². The Morgan fingerprint density at radius 1 is 1.62 bits per heavy atom. The van der Waals surface area contributed by atoms with Gasteiger partial charge in [-0.3, -0.25) is 4.79 Å². The predicted octanol–water partition coefficient (Wildman–Crippen LogP) is 1.40. The van der Waals surface area contributed by atoms with E-state index in [4.69, 9.17) is 5.73 Å². The van der Waals surface area contributed by atoms with Crippen molar-refractivity contribution in [3.63, 3.8) is 0 Å². The molecule has 1 heterocycles. The van der Waals surface area contributed by atoms with Gasteiger partial charge in [-0.05, 0) is 6.92 Å². The van der Waals surface area contributed by atoms with Gasteiger partial charge in [-0.2, -0.15) is 0 Å². The van der Waals surface area contributed by atoms with E-state index in [1.54, 1.807) is 18.3 Å². The molecule has 0 bridgehead atoms. The number of thiazole rings is 1. The van der Waals surface area contributed by atoms with E-state index in [9.17, 15) is 4.79 Å². The van der Waals surface area contributed by atoms with Crippen molar-refractivity contribution in [2.45, 2.75) is 45.7 Å². The average Bonchev–Trinajstić information content (AvgIpc) is 2.61. The van der Waals surface area contributed by atoms with E-state index in [0.29, 0.717) is 6.54 Å². The normalized spacial score (nSPS) is 13.6. The molecule has 0 saturated carbocycles. The fourth-order valence-electron chi connectivity index (χ4n) is 1.06. The van der Waals surface area contributed by atoms with Crippen LogP contribution in [0.25, 0.3) is 0 Å². The molecule has 0 aliphatic heterocycles. The SMILES string of the molecule is CC(N)C(=O)NCc1nc(C(C)(C)C)cs1. The van der Waals surface area contributed by atoms with Crippen LogP contribution >= 0.6 is 11.3 Å². The topological polar surface area (TPSA) is 68.0 Å². The number of carbonyl (C=O) groups is 1. The zero-order valence-electron chi connectivity index (χ0n) is 10.2. The summed E-state index contributed by atoms with van der Waals surface area (Å²) in [6.45, 7) is 8.48. The molecule has 1 rings (SSSR count). The van der Waals surface area contributed by atoms with Crippen molar-refractivity contribution in [2.75, 3.05) is 0 Å². The van der Waals surface area contributed by atoms with Gasteiger partial charge in [-0.1, -0.05) is 20.8 Å². The van der Waals surface area contributed by atoms with Crippen LogP contribution in [0.15, 0.2) is 5.38 Å². The standard InChI is InChI=1S/C11H19N3OS/c1-7(12)10(15)13-5-9-14-8(6-16-9)11(2,3)4/h6-7H,5,12H2,1-4H3,(H,13,15). The lowest BCUT2D eigenvalue weighted by atomic mass is 9.93. The maximum atomic E-state index is 11.3. The van der Waals surface area contributed by atoms with E-state index < -0.39 is 6.04 Å². The van der Waals surface area contributed by atoms with Crippen LogP contribution in [0, 0.1) is 0 Å². The van der Waals surface area contributed by atoms with E-state index in [0.717, 1.165) is 10.7 Å². The Kier molecular flexibility index (Phi) is 4.04. The molecular formula is C11H19N3OS. The number of nitrogens with zero attached hydrogens (tertiary/aromatic N) is 1. The average molecular weight is 241 g/mol. The fraction of sp³-hybridized carbons (Fsp3) is 0.636. The Morgan fingerprint density at radius 3 is 2.69 bits per heavy atom. The van der Waals surface area contributed by atoms with Crippen LogP contribution in [-0.2, 0) is 16.8 Å². The maximum absolute atomic E-state index is 11.3. The second-order valence-corrected chi connectivity index (χ2v) is 5.83. The molecule has 1 atom stereocenters. The van der Waals surface area contributed by atoms with Gasteiger partial charge in [0.05, 0.1) is 18.3 Å². The Labute approximate surface area is 100 Å². The van der Waals surface area contributed by atoms with Gasteiger partial charge in [-0.25, -0.2) is 4.98 Å². The van der Waals surface area contributed by atoms with E-state index in [1.807, 2.05) is 5.38 Å². The van der Waals surface area contributed by atoms with Crippen molar-refractivity contribution in [3.05, 3.63) is 16.1 Å². The molecule has 1 aromatic rings. The molecule has 16 heavy (non-hydrogen) atoms. The molecule has 3 N–H and O–H groups in total. The molecule has 0 saturated heterocycles. The molecule has 0 radical (unpaired) electrons. The number of aromatic nitrogens is 1. The summed E-state index contributed by atoms with van der Waals surface area (Å²) in [6, 6.07) is -0.470. The van der Waals surface area contributed by atoms with E-state index in [2.05, 4.69) is 31.1 Å². The predicted molar refractivity (Wildman–Crippen MR) is 66.3 cm³/mol. The van der Waals surface area contributed by atoms with Crippen molar-refractivity contribution >= 4 is 17.2 Å². The van der Waals surface area contributed by atoms with Crippen molar-refractivity contribution < 1.29 is 4.79 Å². The summed E-state index contributed by atoms with van der Waals surface area (Å²) in [5.74, 6) is -0.146. The Balaban J connectivity index is 2.57. The first-order valence-electron chi connectivity index (χ1n) is 5.29. The Bertz CT molecular complexity index is 366. The lowest BCUT2D eigenvalue weighted by Crippen LogP contribution is -2.37. The van der Waals surface area contributed by atoms with Crippen molar-refractivity contribution in [1.82, 2.24) is 10.3 Å². The number of hydrogen-bond acceptors (Lipinski definition) is 4. The quantitative estimate of drug-likeness (QED) is 0.840. The summed E-state index contributed by atoms with van der Waals surface area (Å²) < 4.78 is 0. The second kappa shape index (κ2) is 4.93. The number of nitrogens with two attached hydrogens (primary N) is 1. The number of hydrogen-bond donors (Lipinski definition) is 2. The van der Waals surface area contributed by atoms with Crippen LogP contribution in [0.1, 0.15) is 38.4 Å². The summed E-state index contributed by atoms with van der Waals surface area (Å²) in [6.07, 6.45) is 0. The lowest BCUT2D eigenvalue weighted by Gasteiger charge is -2.14. The molecule has 0 spiro atoms. The van der Waals surface area contributed by atoms with Gasteiger partial charge in [0, 0.05) is 10.8 Å². The summed E-state index contributed by atoms with van der Waals surface area (Å²) in [5, 5.41) is 5.70. The molecule has 1 amide bonds. The van der Waals surface area contributed by atoms with Gasteiger partial charge in [0.15, 0.2) is 0 Å². The third-order valence-electron chi connectivity index (χ3n) is 2.15. The highest BCUT2D eigenvalue weighted by molar-refractivity contribution is 7.09. The van der Waals surface area contributed by atoms with Crippen molar-refractivity contribution in [1.29, 1.82) is 0 Å². The second-order valence-electron chi connectivity index (χ2n) is 4.88. The summed E-state index contributed by atoms with van der Waals surface area (Å²) >= 11 is 1.56. The van der Waals surface area contributed by atoms with Gasteiger partial charge in [-0.15, -0.1) is 11.3 Å². The third kappa shape index (κ3) is 3.57. The molecule has 0 aliphatic rings. The highest BCUT2D eigenvalue weighted by Crippen LogP contribution is 2.23. The monoisotopic (exact) mass is 241 g/mol. The van der Waals surface area contributed by atoms with Crippen LogP contribution in [0.5, 0.6) is 0 Å². The van der Waals surface area contributed by atoms with Crippen LogP contribution in [0.4, 0.5) is 0 Å². The van der Waals surface area contributed by atoms with Crippen LogP contribution in [-0.4, -0.2) is 16.9 Å². The molecule has 1 unspecified atom stereocenters. The first-order chi connectivity index (χ1) is 7.30. The fourth-order valence-corrected chi connectivity index (χ4v) is 2.02. The van der Waals surface area contributed by atoms with Crippen molar-refractivity contribution in [2.24, 2.45) is 5.73 Å². The van der Waals surface area contributed by atoms with Gasteiger partial charge >= 0.3 is 0 Å². The Hall–Kier alpha value is -0.940. The number of rotatable bonds is 3. The Morgan fingerprint density at radius 2 is 2.25 bits per heavy atom. The molecule has 5 heteroatoms. The highest BCUT2D eigenvalue weighted by Gasteiger charge is 2.17.